The maximum absolute atomic E-state index is 13.4. The number of hydrogen-bond acceptors (Lipinski definition) is 4. The summed E-state index contributed by atoms with van der Waals surface area (Å²) >= 11 is 0. The van der Waals surface area contributed by atoms with Crippen LogP contribution in [-0.2, 0) is 15.1 Å². The third-order valence-corrected chi connectivity index (χ3v) is 6.32. The van der Waals surface area contributed by atoms with Crippen molar-refractivity contribution in [3.63, 3.8) is 0 Å². The summed E-state index contributed by atoms with van der Waals surface area (Å²) in [6, 6.07) is 4.52. The maximum atomic E-state index is 13.4. The number of carbonyl (C=O) groups is 1. The lowest BCUT2D eigenvalue weighted by Crippen LogP contribution is -2.51. The van der Waals surface area contributed by atoms with Crippen molar-refractivity contribution in [2.45, 2.75) is 56.7 Å². The van der Waals surface area contributed by atoms with Crippen molar-refractivity contribution < 1.29 is 31.8 Å². The summed E-state index contributed by atoms with van der Waals surface area (Å²) < 4.78 is 61.6. The van der Waals surface area contributed by atoms with Crippen LogP contribution in [-0.4, -0.2) is 36.6 Å². The summed E-state index contributed by atoms with van der Waals surface area (Å²) in [5.74, 6) is -3.24. The summed E-state index contributed by atoms with van der Waals surface area (Å²) in [5, 5.41) is 2.86. The van der Waals surface area contributed by atoms with E-state index >= 15 is 0 Å². The lowest BCUT2D eigenvalue weighted by Gasteiger charge is -2.41. The van der Waals surface area contributed by atoms with Crippen LogP contribution >= 0.6 is 0 Å². The van der Waals surface area contributed by atoms with Gasteiger partial charge >= 0.3 is 6.61 Å². The van der Waals surface area contributed by atoms with Crippen molar-refractivity contribution in [3.05, 3.63) is 23.9 Å². The number of aromatic nitrogens is 1. The predicted octanol–water partition coefficient (Wildman–Crippen LogP) is 3.63. The Hall–Kier alpha value is -1.90. The SMILES string of the molecule is O=C(NCC1(c2cccc(OC(F)F)n2)CCO1)C1CC12CCC(F)(F)CC2. The molecule has 1 amide bonds. The van der Waals surface area contributed by atoms with Crippen LogP contribution in [0.15, 0.2) is 18.2 Å². The zero-order valence-electron chi connectivity index (χ0n) is 15.2. The first-order valence-corrected chi connectivity index (χ1v) is 9.46. The van der Waals surface area contributed by atoms with Gasteiger partial charge in [0.1, 0.15) is 5.60 Å². The number of nitrogens with one attached hydrogen (secondary N) is 1. The number of carbonyl (C=O) groups excluding carboxylic acids is 1. The molecule has 1 aromatic rings. The molecule has 1 aliphatic heterocycles. The number of ether oxygens (including phenoxy) is 2. The fraction of sp³-hybridized carbons (Fsp3) is 0.684. The first-order chi connectivity index (χ1) is 13.2. The molecule has 2 heterocycles. The van der Waals surface area contributed by atoms with Gasteiger partial charge in [-0.1, -0.05) is 6.07 Å². The van der Waals surface area contributed by atoms with Crippen LogP contribution in [0.1, 0.15) is 44.2 Å². The number of hydrogen-bond donors (Lipinski definition) is 1. The minimum absolute atomic E-state index is 0.152. The van der Waals surface area contributed by atoms with Gasteiger partial charge in [0.05, 0.1) is 18.8 Å². The van der Waals surface area contributed by atoms with Crippen molar-refractivity contribution in [2.75, 3.05) is 13.2 Å². The van der Waals surface area contributed by atoms with Crippen molar-refractivity contribution in [3.8, 4) is 5.88 Å². The molecule has 0 radical (unpaired) electrons. The average molecular weight is 402 g/mol. The molecule has 2 unspecified atom stereocenters. The maximum Gasteiger partial charge on any atom is 0.388 e. The molecule has 2 atom stereocenters. The van der Waals surface area contributed by atoms with Crippen LogP contribution in [0.25, 0.3) is 0 Å². The summed E-state index contributed by atoms with van der Waals surface area (Å²) in [6.07, 6.45) is 1.64. The molecule has 1 saturated heterocycles. The van der Waals surface area contributed by atoms with E-state index < -0.39 is 18.1 Å². The van der Waals surface area contributed by atoms with Gasteiger partial charge in [0.2, 0.25) is 17.7 Å². The van der Waals surface area contributed by atoms with Crippen LogP contribution in [0.3, 0.4) is 0 Å². The highest BCUT2D eigenvalue weighted by Gasteiger charge is 2.61. The van der Waals surface area contributed by atoms with Gasteiger partial charge in [0.15, 0.2) is 0 Å². The van der Waals surface area contributed by atoms with Crippen LogP contribution in [0, 0.1) is 11.3 Å². The van der Waals surface area contributed by atoms with Crippen molar-refractivity contribution in [2.24, 2.45) is 11.3 Å². The van der Waals surface area contributed by atoms with Gasteiger partial charge in [-0.15, -0.1) is 0 Å². The molecule has 9 heteroatoms. The molecule has 2 aliphatic carbocycles. The number of rotatable bonds is 6. The Morgan fingerprint density at radius 2 is 1.96 bits per heavy atom. The Morgan fingerprint density at radius 3 is 2.57 bits per heavy atom. The Morgan fingerprint density at radius 1 is 1.25 bits per heavy atom. The van der Waals surface area contributed by atoms with E-state index in [4.69, 9.17) is 4.74 Å². The second kappa shape index (κ2) is 6.86. The number of halogens is 4. The number of pyridine rings is 1. The van der Waals surface area contributed by atoms with Gasteiger partial charge in [-0.05, 0) is 30.7 Å². The van der Waals surface area contributed by atoms with Gasteiger partial charge in [-0.3, -0.25) is 4.79 Å². The molecule has 1 N–H and O–H groups in total. The predicted molar refractivity (Wildman–Crippen MR) is 90.1 cm³/mol. The molecule has 154 valence electrons. The van der Waals surface area contributed by atoms with Gasteiger partial charge in [0, 0.05) is 31.2 Å². The molecule has 0 bridgehead atoms. The summed E-state index contributed by atoms with van der Waals surface area (Å²) in [7, 11) is 0. The van der Waals surface area contributed by atoms with Crippen LogP contribution in [0.4, 0.5) is 17.6 Å². The highest BCUT2D eigenvalue weighted by atomic mass is 19.3. The molecule has 3 aliphatic rings. The van der Waals surface area contributed by atoms with E-state index in [1.165, 1.54) is 6.07 Å². The van der Waals surface area contributed by atoms with Crippen LogP contribution in [0.2, 0.25) is 0 Å². The van der Waals surface area contributed by atoms with Crippen molar-refractivity contribution in [1.29, 1.82) is 0 Å². The van der Waals surface area contributed by atoms with Gasteiger partial charge < -0.3 is 14.8 Å². The average Bonchev–Trinajstić information content (AvgIpc) is 3.31. The highest BCUT2D eigenvalue weighted by molar-refractivity contribution is 5.82. The van der Waals surface area contributed by atoms with E-state index in [1.807, 2.05) is 0 Å². The zero-order chi connectivity index (χ0) is 20.0. The quantitative estimate of drug-likeness (QED) is 0.739. The topological polar surface area (TPSA) is 60.5 Å². The summed E-state index contributed by atoms with van der Waals surface area (Å²) in [4.78, 5) is 16.7. The molecule has 4 rings (SSSR count). The summed E-state index contributed by atoms with van der Waals surface area (Å²) in [6.45, 7) is -2.35. The van der Waals surface area contributed by atoms with Gasteiger partial charge in [-0.2, -0.15) is 8.78 Å². The van der Waals surface area contributed by atoms with E-state index in [2.05, 4.69) is 15.0 Å². The highest BCUT2D eigenvalue weighted by Crippen LogP contribution is 2.63. The second-order valence-corrected chi connectivity index (χ2v) is 8.03. The van der Waals surface area contributed by atoms with Gasteiger partial charge in [0.25, 0.3) is 0 Å². The third-order valence-electron chi connectivity index (χ3n) is 6.32. The van der Waals surface area contributed by atoms with Gasteiger partial charge in [-0.25, -0.2) is 13.8 Å². The monoisotopic (exact) mass is 402 g/mol. The minimum atomic E-state index is -2.98. The lowest BCUT2D eigenvalue weighted by molar-refractivity contribution is -0.158. The van der Waals surface area contributed by atoms with Crippen molar-refractivity contribution >= 4 is 5.91 Å². The third kappa shape index (κ3) is 3.68. The smallest absolute Gasteiger partial charge is 0.388 e. The Balaban J connectivity index is 1.37. The van der Waals surface area contributed by atoms with Crippen molar-refractivity contribution in [1.82, 2.24) is 10.3 Å². The minimum Gasteiger partial charge on any atom is -0.417 e. The molecular weight excluding hydrogens is 380 g/mol. The number of alkyl halides is 4. The molecule has 1 spiro atoms. The fourth-order valence-corrected chi connectivity index (χ4v) is 4.34. The first kappa shape index (κ1) is 19.4. The number of nitrogens with zero attached hydrogens (tertiary/aromatic N) is 1. The second-order valence-electron chi connectivity index (χ2n) is 8.03. The van der Waals surface area contributed by atoms with E-state index in [-0.39, 0.29) is 42.5 Å². The van der Waals surface area contributed by atoms with E-state index in [0.717, 1.165) is 0 Å². The number of amides is 1. The largest absolute Gasteiger partial charge is 0.417 e. The molecule has 5 nitrogen and oxygen atoms in total. The van der Waals surface area contributed by atoms with E-state index in [1.54, 1.807) is 12.1 Å². The molecule has 1 aromatic heterocycles. The zero-order valence-corrected chi connectivity index (χ0v) is 15.2. The van der Waals surface area contributed by atoms with E-state index in [9.17, 15) is 22.4 Å². The molecule has 0 aromatic carbocycles. The lowest BCUT2D eigenvalue weighted by atomic mass is 9.82. The molecule has 28 heavy (non-hydrogen) atoms. The Bertz CT molecular complexity index is 744. The van der Waals surface area contributed by atoms with Crippen LogP contribution in [0.5, 0.6) is 5.88 Å². The molecule has 2 saturated carbocycles. The van der Waals surface area contributed by atoms with Crippen LogP contribution < -0.4 is 10.1 Å². The summed E-state index contributed by atoms with van der Waals surface area (Å²) in [5.41, 5.74) is -0.749. The fourth-order valence-electron chi connectivity index (χ4n) is 4.34. The molecule has 3 fully saturated rings. The Kier molecular flexibility index (Phi) is 4.76. The standard InChI is InChI=1S/C19H22F4N2O3/c20-16(21)28-14-3-1-2-13(25-14)18(8-9-27-18)11-24-15(26)12-10-17(12)4-6-19(22,23)7-5-17/h1-3,12,16H,4-11H2,(H,24,26). The normalized spacial score (nSPS) is 30.0. The Labute approximate surface area is 159 Å². The first-order valence-electron chi connectivity index (χ1n) is 9.46. The van der Waals surface area contributed by atoms with E-state index in [0.29, 0.717) is 38.0 Å². The molecular formula is C19H22F4N2O3.